The molecule has 0 spiro atoms. The molecule has 7 heteroatoms. The molecule has 0 aliphatic carbocycles. The maximum absolute atomic E-state index is 10.2. The number of aliphatic hydroxyl groups is 1. The average Bonchev–Trinajstić information content (AvgIpc) is 2.61. The molecular formula is C20H27N5O2. The number of rotatable bonds is 6. The second kappa shape index (κ2) is 8.45. The first-order valence-electron chi connectivity index (χ1n) is 9.18. The number of hydrogen-bond acceptors (Lipinski definition) is 7. The molecule has 1 saturated heterocycles. The number of benzene rings is 1. The molecule has 0 saturated carbocycles. The first kappa shape index (κ1) is 19.3. The Hall–Kier alpha value is -2.51. The molecule has 27 heavy (non-hydrogen) atoms. The van der Waals surface area contributed by atoms with E-state index in [2.05, 4.69) is 31.5 Å². The average molecular weight is 369 g/mol. The third kappa shape index (κ3) is 6.01. The fraction of sp³-hybridized carbons (Fsp3) is 0.450. The van der Waals surface area contributed by atoms with E-state index >= 15 is 0 Å². The Morgan fingerprint density at radius 1 is 1.26 bits per heavy atom. The summed E-state index contributed by atoms with van der Waals surface area (Å²) in [5.74, 6) is 2.01. The van der Waals surface area contributed by atoms with Gasteiger partial charge in [0.25, 0.3) is 0 Å². The van der Waals surface area contributed by atoms with Gasteiger partial charge in [0, 0.05) is 25.6 Å². The summed E-state index contributed by atoms with van der Waals surface area (Å²) in [7, 11) is 0. The Morgan fingerprint density at radius 2 is 2.04 bits per heavy atom. The van der Waals surface area contributed by atoms with Crippen molar-refractivity contribution < 1.29 is 9.84 Å². The van der Waals surface area contributed by atoms with Crippen molar-refractivity contribution in [3.63, 3.8) is 0 Å². The van der Waals surface area contributed by atoms with Crippen molar-refractivity contribution in [1.29, 1.82) is 0 Å². The van der Waals surface area contributed by atoms with Gasteiger partial charge in [-0.05, 0) is 26.3 Å². The lowest BCUT2D eigenvalue weighted by molar-refractivity contribution is 0.0788. The summed E-state index contributed by atoms with van der Waals surface area (Å²) in [6.07, 6.45) is 2.13. The third-order valence-corrected chi connectivity index (χ3v) is 4.12. The number of nitrogens with zero attached hydrogens (tertiary/aromatic N) is 4. The van der Waals surface area contributed by atoms with E-state index in [0.29, 0.717) is 31.3 Å². The summed E-state index contributed by atoms with van der Waals surface area (Å²) in [4.78, 5) is 11.3. The lowest BCUT2D eigenvalue weighted by atomic mass is 10.1. The standard InChI is InChI=1S/C20H27N5O2/c1-15-5-4-6-16(11-15)14-21-24-17-12-19(25-7-9-27-10-8-25)23-18(22-17)13-20(2,3)26/h4-6,11-12,14,26H,7-10,13H2,1-3H3,(H,22,23,24)/b21-14+. The summed E-state index contributed by atoms with van der Waals surface area (Å²) in [5, 5.41) is 14.5. The van der Waals surface area contributed by atoms with Gasteiger partial charge in [0.15, 0.2) is 5.82 Å². The highest BCUT2D eigenvalue weighted by Gasteiger charge is 2.19. The van der Waals surface area contributed by atoms with E-state index < -0.39 is 5.60 Å². The molecule has 1 aromatic heterocycles. The van der Waals surface area contributed by atoms with Crippen molar-refractivity contribution >= 4 is 17.9 Å². The fourth-order valence-corrected chi connectivity index (χ4v) is 2.88. The molecule has 0 atom stereocenters. The highest BCUT2D eigenvalue weighted by molar-refractivity contribution is 5.80. The van der Waals surface area contributed by atoms with Crippen molar-refractivity contribution in [2.75, 3.05) is 36.6 Å². The van der Waals surface area contributed by atoms with Crippen molar-refractivity contribution in [1.82, 2.24) is 9.97 Å². The van der Waals surface area contributed by atoms with Gasteiger partial charge in [0.1, 0.15) is 11.6 Å². The van der Waals surface area contributed by atoms with Crippen LogP contribution in [0.3, 0.4) is 0 Å². The van der Waals surface area contributed by atoms with E-state index in [-0.39, 0.29) is 0 Å². The molecule has 1 aromatic carbocycles. The van der Waals surface area contributed by atoms with Crippen LogP contribution in [0.15, 0.2) is 35.4 Å². The number of hydrogen-bond donors (Lipinski definition) is 2. The van der Waals surface area contributed by atoms with Gasteiger partial charge in [-0.2, -0.15) is 5.10 Å². The van der Waals surface area contributed by atoms with Gasteiger partial charge in [-0.1, -0.05) is 29.8 Å². The molecule has 0 radical (unpaired) electrons. The number of aryl methyl sites for hydroxylation is 1. The number of nitrogens with one attached hydrogen (secondary N) is 1. The van der Waals surface area contributed by atoms with Crippen LogP contribution in [0.4, 0.5) is 11.6 Å². The van der Waals surface area contributed by atoms with E-state index in [1.807, 2.05) is 31.2 Å². The van der Waals surface area contributed by atoms with E-state index in [4.69, 9.17) is 4.74 Å². The summed E-state index contributed by atoms with van der Waals surface area (Å²) in [6.45, 7) is 8.47. The number of ether oxygens (including phenoxy) is 1. The lowest BCUT2D eigenvalue weighted by Gasteiger charge is -2.28. The van der Waals surface area contributed by atoms with Gasteiger partial charge in [0.2, 0.25) is 0 Å². The van der Waals surface area contributed by atoms with Gasteiger partial charge in [0.05, 0.1) is 25.0 Å². The fourth-order valence-electron chi connectivity index (χ4n) is 2.88. The summed E-state index contributed by atoms with van der Waals surface area (Å²) < 4.78 is 5.42. The first-order chi connectivity index (χ1) is 12.9. The Balaban J connectivity index is 1.80. The molecule has 2 aromatic rings. The second-order valence-electron chi connectivity index (χ2n) is 7.40. The van der Waals surface area contributed by atoms with Gasteiger partial charge >= 0.3 is 0 Å². The molecule has 0 amide bonds. The highest BCUT2D eigenvalue weighted by Crippen LogP contribution is 2.20. The van der Waals surface area contributed by atoms with Gasteiger partial charge < -0.3 is 14.7 Å². The predicted octanol–water partition coefficient (Wildman–Crippen LogP) is 2.38. The Kier molecular flexibility index (Phi) is 6.03. The second-order valence-corrected chi connectivity index (χ2v) is 7.40. The van der Waals surface area contributed by atoms with Gasteiger partial charge in [-0.25, -0.2) is 9.97 Å². The maximum atomic E-state index is 10.2. The monoisotopic (exact) mass is 369 g/mol. The van der Waals surface area contributed by atoms with Crippen LogP contribution >= 0.6 is 0 Å². The first-order valence-corrected chi connectivity index (χ1v) is 9.18. The summed E-state index contributed by atoms with van der Waals surface area (Å²) in [6, 6.07) is 9.99. The zero-order valence-corrected chi connectivity index (χ0v) is 16.1. The van der Waals surface area contributed by atoms with Crippen LogP contribution in [0.25, 0.3) is 0 Å². The smallest absolute Gasteiger partial charge is 0.152 e. The van der Waals surface area contributed by atoms with E-state index in [9.17, 15) is 5.11 Å². The van der Waals surface area contributed by atoms with Gasteiger partial charge in [-0.15, -0.1) is 0 Å². The molecule has 1 aliphatic heterocycles. The molecule has 0 unspecified atom stereocenters. The number of morpholine rings is 1. The largest absolute Gasteiger partial charge is 0.390 e. The molecule has 7 nitrogen and oxygen atoms in total. The van der Waals surface area contributed by atoms with Crippen LogP contribution in [-0.2, 0) is 11.2 Å². The summed E-state index contributed by atoms with van der Waals surface area (Å²) >= 11 is 0. The van der Waals surface area contributed by atoms with Crippen molar-refractivity contribution in [2.24, 2.45) is 5.10 Å². The van der Waals surface area contributed by atoms with E-state index in [1.54, 1.807) is 20.1 Å². The topological polar surface area (TPSA) is 82.9 Å². The Labute approximate surface area is 160 Å². The number of aromatic nitrogens is 2. The van der Waals surface area contributed by atoms with Crippen LogP contribution in [0.2, 0.25) is 0 Å². The molecule has 1 aliphatic rings. The zero-order chi connectivity index (χ0) is 19.3. The number of anilines is 2. The number of hydrazone groups is 1. The third-order valence-electron chi connectivity index (χ3n) is 4.12. The lowest BCUT2D eigenvalue weighted by Crippen LogP contribution is -2.37. The SMILES string of the molecule is Cc1cccc(/C=N/Nc2cc(N3CCOCC3)nc(CC(C)(C)O)n2)c1. The van der Waals surface area contributed by atoms with Crippen molar-refractivity contribution in [3.05, 3.63) is 47.3 Å². The quantitative estimate of drug-likeness (QED) is 0.601. The molecule has 3 rings (SSSR count). The minimum absolute atomic E-state index is 0.363. The zero-order valence-electron chi connectivity index (χ0n) is 16.1. The van der Waals surface area contributed by atoms with Crippen LogP contribution < -0.4 is 10.3 Å². The van der Waals surface area contributed by atoms with E-state index in [0.717, 1.165) is 24.5 Å². The minimum Gasteiger partial charge on any atom is -0.390 e. The van der Waals surface area contributed by atoms with Crippen LogP contribution in [0, 0.1) is 6.92 Å². The van der Waals surface area contributed by atoms with Crippen molar-refractivity contribution in [2.45, 2.75) is 32.8 Å². The normalized spacial score (nSPS) is 15.3. The highest BCUT2D eigenvalue weighted by atomic mass is 16.5. The van der Waals surface area contributed by atoms with Crippen LogP contribution in [0.5, 0.6) is 0 Å². The van der Waals surface area contributed by atoms with Crippen molar-refractivity contribution in [3.8, 4) is 0 Å². The predicted molar refractivity (Wildman–Crippen MR) is 107 cm³/mol. The van der Waals surface area contributed by atoms with Gasteiger partial charge in [-0.3, -0.25) is 5.43 Å². The Bertz CT molecular complexity index is 795. The molecular weight excluding hydrogens is 342 g/mol. The minimum atomic E-state index is -0.883. The molecule has 0 bridgehead atoms. The van der Waals surface area contributed by atoms with Crippen LogP contribution in [-0.4, -0.2) is 53.2 Å². The van der Waals surface area contributed by atoms with E-state index in [1.165, 1.54) is 5.56 Å². The molecule has 1 fully saturated rings. The van der Waals surface area contributed by atoms with Crippen LogP contribution in [0.1, 0.15) is 30.8 Å². The maximum Gasteiger partial charge on any atom is 0.152 e. The molecule has 2 N–H and O–H groups in total. The summed E-state index contributed by atoms with van der Waals surface area (Å²) in [5.41, 5.74) is 4.31. The Morgan fingerprint density at radius 3 is 2.74 bits per heavy atom. The molecule has 144 valence electrons. The molecule has 2 heterocycles.